The molecule has 1 aromatic heterocycles. The lowest BCUT2D eigenvalue weighted by atomic mass is 9.75. The van der Waals surface area contributed by atoms with Gasteiger partial charge >= 0.3 is 0 Å². The van der Waals surface area contributed by atoms with E-state index in [-0.39, 0.29) is 5.76 Å². The van der Waals surface area contributed by atoms with Crippen molar-refractivity contribution in [1.82, 2.24) is 0 Å². The molecule has 6 rings (SSSR count). The van der Waals surface area contributed by atoms with E-state index >= 15 is 0 Å². The molecule has 2 atom stereocenters. The number of amides is 1. The van der Waals surface area contributed by atoms with E-state index < -0.39 is 23.2 Å². The van der Waals surface area contributed by atoms with E-state index in [1.807, 2.05) is 60.7 Å². The van der Waals surface area contributed by atoms with Gasteiger partial charge in [0.05, 0.1) is 6.26 Å². The summed E-state index contributed by atoms with van der Waals surface area (Å²) < 4.78 is 11.6. The number of hydrogen-bond acceptors (Lipinski definition) is 6. The van der Waals surface area contributed by atoms with Crippen molar-refractivity contribution in [3.05, 3.63) is 120 Å². The molecule has 7 heteroatoms. The molecule has 1 spiro atoms. The molecule has 0 radical (unpaired) electrons. The highest BCUT2D eigenvalue weighted by Crippen LogP contribution is 2.50. The quantitative estimate of drug-likeness (QED) is 0.408. The van der Waals surface area contributed by atoms with E-state index in [1.54, 1.807) is 30.3 Å². The maximum absolute atomic E-state index is 13.8. The van der Waals surface area contributed by atoms with Crippen LogP contribution in [-0.4, -0.2) is 17.4 Å². The van der Waals surface area contributed by atoms with E-state index in [0.717, 1.165) is 5.56 Å². The monoisotopic (exact) mass is 464 g/mol. The Morgan fingerprint density at radius 3 is 2.54 bits per heavy atom. The van der Waals surface area contributed by atoms with Gasteiger partial charge in [0.25, 0.3) is 11.5 Å². The van der Waals surface area contributed by atoms with Gasteiger partial charge in [-0.2, -0.15) is 0 Å². The fraction of sp³-hybridized carbons (Fsp3) is 0.107. The molecule has 0 aliphatic carbocycles. The molecule has 0 fully saturated rings. The van der Waals surface area contributed by atoms with Gasteiger partial charge in [-0.05, 0) is 35.9 Å². The van der Waals surface area contributed by atoms with E-state index in [9.17, 15) is 9.59 Å². The number of nitrogens with one attached hydrogen (secondary N) is 1. The first-order chi connectivity index (χ1) is 17.2. The number of ketones is 1. The van der Waals surface area contributed by atoms with Gasteiger partial charge in [-0.15, -0.1) is 0 Å². The summed E-state index contributed by atoms with van der Waals surface area (Å²) in [5.41, 5.74) is 1.36. The van der Waals surface area contributed by atoms with E-state index in [4.69, 9.17) is 14.0 Å². The minimum atomic E-state index is -1.65. The molecule has 2 aliphatic rings. The SMILES string of the molecule is O=C(c1ccco1)C1C(c2ccccc2OCc2ccccc2)=NOC12C(=O)Nc1ccccc12. The molecule has 7 nitrogen and oxygen atoms in total. The Hall–Kier alpha value is -4.65. The standard InChI is InChI=1S/C28H20N2O5/c31-26(23-15-8-16-33-23)24-25(30-35-28(24)20-12-5-6-13-21(20)29-27(28)32)19-11-4-7-14-22(19)34-17-18-9-2-1-3-10-18/h1-16,24H,17H2,(H,29,32). The summed E-state index contributed by atoms with van der Waals surface area (Å²) in [6.07, 6.45) is 1.42. The molecule has 4 aromatic rings. The Morgan fingerprint density at radius 1 is 0.943 bits per heavy atom. The lowest BCUT2D eigenvalue weighted by Crippen LogP contribution is -2.46. The highest BCUT2D eigenvalue weighted by molar-refractivity contribution is 6.24. The largest absolute Gasteiger partial charge is 0.488 e. The number of furan rings is 1. The minimum absolute atomic E-state index is 0.118. The summed E-state index contributed by atoms with van der Waals surface area (Å²) in [7, 11) is 0. The number of anilines is 1. The van der Waals surface area contributed by atoms with Crippen LogP contribution < -0.4 is 10.1 Å². The van der Waals surface area contributed by atoms with Crippen molar-refractivity contribution in [1.29, 1.82) is 0 Å². The van der Waals surface area contributed by atoms with Crippen molar-refractivity contribution in [2.24, 2.45) is 11.1 Å². The summed E-state index contributed by atoms with van der Waals surface area (Å²) in [5, 5.41) is 7.17. The number of rotatable bonds is 6. The second kappa shape index (κ2) is 8.29. The maximum Gasteiger partial charge on any atom is 0.277 e. The first kappa shape index (κ1) is 20.9. The molecule has 3 aromatic carbocycles. The van der Waals surface area contributed by atoms with Crippen LogP contribution in [0.15, 0.2) is 107 Å². The Morgan fingerprint density at radius 2 is 1.71 bits per heavy atom. The molecule has 3 heterocycles. The van der Waals surface area contributed by atoms with Crippen LogP contribution in [0.4, 0.5) is 5.69 Å². The molecule has 2 unspecified atom stereocenters. The smallest absolute Gasteiger partial charge is 0.277 e. The first-order valence-electron chi connectivity index (χ1n) is 11.2. The van der Waals surface area contributed by atoms with E-state index in [2.05, 4.69) is 10.5 Å². The lowest BCUT2D eigenvalue weighted by Gasteiger charge is -2.26. The molecule has 172 valence electrons. The third-order valence-electron chi connectivity index (χ3n) is 6.31. The number of ether oxygens (including phenoxy) is 1. The van der Waals surface area contributed by atoms with Gasteiger partial charge in [-0.25, -0.2) is 0 Å². The van der Waals surface area contributed by atoms with Crippen LogP contribution in [0.2, 0.25) is 0 Å². The van der Waals surface area contributed by atoms with Crippen LogP contribution in [0.25, 0.3) is 0 Å². The van der Waals surface area contributed by atoms with Crippen molar-refractivity contribution < 1.29 is 23.6 Å². The van der Waals surface area contributed by atoms with Crippen LogP contribution in [0.3, 0.4) is 0 Å². The second-order valence-corrected chi connectivity index (χ2v) is 8.35. The average Bonchev–Trinajstić information content (AvgIpc) is 3.63. The number of Topliss-reactive ketones (excluding diaryl/α,β-unsaturated/α-hetero) is 1. The fourth-order valence-corrected chi connectivity index (χ4v) is 4.66. The minimum Gasteiger partial charge on any atom is -0.488 e. The van der Waals surface area contributed by atoms with Crippen molar-refractivity contribution in [3.8, 4) is 5.75 Å². The number of carbonyl (C=O) groups excluding carboxylic acids is 2. The van der Waals surface area contributed by atoms with Gasteiger partial charge in [0.1, 0.15) is 24.0 Å². The van der Waals surface area contributed by atoms with Crippen LogP contribution >= 0.6 is 0 Å². The molecular formula is C28H20N2O5. The highest BCUT2D eigenvalue weighted by atomic mass is 16.7. The number of nitrogens with zero attached hydrogens (tertiary/aromatic N) is 1. The number of benzene rings is 3. The Bertz CT molecular complexity index is 1450. The Balaban J connectivity index is 1.45. The predicted molar refractivity (Wildman–Crippen MR) is 128 cm³/mol. The predicted octanol–water partition coefficient (Wildman–Crippen LogP) is 4.94. The topological polar surface area (TPSA) is 90.1 Å². The maximum atomic E-state index is 13.8. The third-order valence-corrected chi connectivity index (χ3v) is 6.31. The molecule has 2 aliphatic heterocycles. The van der Waals surface area contributed by atoms with Crippen molar-refractivity contribution in [3.63, 3.8) is 0 Å². The number of oxime groups is 1. The van der Waals surface area contributed by atoms with Gasteiger partial charge in [-0.3, -0.25) is 9.59 Å². The molecule has 1 N–H and O–H groups in total. The van der Waals surface area contributed by atoms with E-state index in [0.29, 0.717) is 34.9 Å². The zero-order valence-corrected chi connectivity index (χ0v) is 18.5. The van der Waals surface area contributed by atoms with E-state index in [1.165, 1.54) is 6.26 Å². The van der Waals surface area contributed by atoms with Crippen molar-refractivity contribution in [2.75, 3.05) is 5.32 Å². The molecule has 1 amide bonds. The normalized spacial score (nSPS) is 20.2. The number of hydrogen-bond donors (Lipinski definition) is 1. The summed E-state index contributed by atoms with van der Waals surface area (Å²) >= 11 is 0. The zero-order valence-electron chi connectivity index (χ0n) is 18.5. The Labute approximate surface area is 201 Å². The van der Waals surface area contributed by atoms with Gasteiger partial charge in [-0.1, -0.05) is 65.8 Å². The van der Waals surface area contributed by atoms with Crippen molar-refractivity contribution >= 4 is 23.1 Å². The summed E-state index contributed by atoms with van der Waals surface area (Å²) in [6, 6.07) is 27.4. The molecule has 0 saturated heterocycles. The van der Waals surface area contributed by atoms with Crippen LogP contribution in [0.5, 0.6) is 5.75 Å². The molecular weight excluding hydrogens is 444 g/mol. The molecule has 0 bridgehead atoms. The number of carbonyl (C=O) groups is 2. The van der Waals surface area contributed by atoms with Gasteiger partial charge < -0.3 is 19.3 Å². The zero-order chi connectivity index (χ0) is 23.8. The van der Waals surface area contributed by atoms with Crippen LogP contribution in [-0.2, 0) is 21.8 Å². The Kier molecular flexibility index (Phi) is 4.95. The fourth-order valence-electron chi connectivity index (χ4n) is 4.66. The average molecular weight is 464 g/mol. The summed E-state index contributed by atoms with van der Waals surface area (Å²) in [4.78, 5) is 33.1. The highest BCUT2D eigenvalue weighted by Gasteiger charge is 2.64. The van der Waals surface area contributed by atoms with Crippen molar-refractivity contribution in [2.45, 2.75) is 12.2 Å². The van der Waals surface area contributed by atoms with Gasteiger partial charge in [0.15, 0.2) is 5.76 Å². The number of fused-ring (bicyclic) bond motifs is 2. The second-order valence-electron chi connectivity index (χ2n) is 8.35. The summed E-state index contributed by atoms with van der Waals surface area (Å²) in [6.45, 7) is 0.331. The van der Waals surface area contributed by atoms with Crippen LogP contribution in [0.1, 0.15) is 27.2 Å². The number of para-hydroxylation sites is 2. The summed E-state index contributed by atoms with van der Waals surface area (Å²) in [5.74, 6) is -1.30. The third kappa shape index (κ3) is 3.32. The molecule has 0 saturated carbocycles. The van der Waals surface area contributed by atoms with Gasteiger partial charge in [0, 0.05) is 16.8 Å². The van der Waals surface area contributed by atoms with Gasteiger partial charge in [0.2, 0.25) is 5.78 Å². The molecule has 35 heavy (non-hydrogen) atoms. The first-order valence-corrected chi connectivity index (χ1v) is 11.2. The van der Waals surface area contributed by atoms with Crippen LogP contribution in [0, 0.1) is 5.92 Å². The lowest BCUT2D eigenvalue weighted by molar-refractivity contribution is -0.140.